The first-order chi connectivity index (χ1) is 15.5. The van der Waals surface area contributed by atoms with E-state index in [9.17, 15) is 9.59 Å². The van der Waals surface area contributed by atoms with E-state index in [0.717, 1.165) is 16.7 Å². The second-order valence-electron chi connectivity index (χ2n) is 7.61. The Kier molecular flexibility index (Phi) is 7.09. The van der Waals surface area contributed by atoms with E-state index in [0.29, 0.717) is 27.9 Å². The van der Waals surface area contributed by atoms with E-state index in [2.05, 4.69) is 5.32 Å². The molecular weight excluding hydrogens is 463 g/mol. The standard InChI is InChI=1S/C25H22Cl2N2O2S/c1-16-7-5-6-10-19(16)24(31)29-22(23(30)28-14-17-8-3-2-4-9-17)15-32-25(29)18-11-12-20(26)21(27)13-18/h2-13,22,25H,14-15H2,1H3,(H,28,30). The van der Waals surface area contributed by atoms with Crippen LogP contribution in [0.5, 0.6) is 0 Å². The van der Waals surface area contributed by atoms with E-state index < -0.39 is 6.04 Å². The zero-order valence-electron chi connectivity index (χ0n) is 17.4. The van der Waals surface area contributed by atoms with Crippen molar-refractivity contribution in [1.29, 1.82) is 0 Å². The molecule has 4 rings (SSSR count). The molecule has 1 fully saturated rings. The maximum Gasteiger partial charge on any atom is 0.256 e. The lowest BCUT2D eigenvalue weighted by Crippen LogP contribution is -2.48. The highest BCUT2D eigenvalue weighted by Gasteiger charge is 2.42. The van der Waals surface area contributed by atoms with Crippen LogP contribution in [0.4, 0.5) is 0 Å². The van der Waals surface area contributed by atoms with E-state index in [1.54, 1.807) is 34.9 Å². The minimum atomic E-state index is -0.602. The summed E-state index contributed by atoms with van der Waals surface area (Å²) in [6, 6.07) is 21.9. The van der Waals surface area contributed by atoms with Gasteiger partial charge in [-0.2, -0.15) is 0 Å². The number of halogens is 2. The maximum atomic E-state index is 13.7. The molecule has 2 atom stereocenters. The van der Waals surface area contributed by atoms with E-state index in [-0.39, 0.29) is 17.2 Å². The molecule has 7 heteroatoms. The number of hydrogen-bond acceptors (Lipinski definition) is 3. The predicted molar refractivity (Wildman–Crippen MR) is 131 cm³/mol. The highest BCUT2D eigenvalue weighted by Crippen LogP contribution is 2.43. The van der Waals surface area contributed by atoms with Crippen LogP contribution in [0.25, 0.3) is 0 Å². The Labute approximate surface area is 201 Å². The van der Waals surface area contributed by atoms with Gasteiger partial charge in [-0.15, -0.1) is 11.8 Å². The van der Waals surface area contributed by atoms with Crippen molar-refractivity contribution in [1.82, 2.24) is 10.2 Å². The summed E-state index contributed by atoms with van der Waals surface area (Å²) in [5.41, 5.74) is 3.29. The number of aryl methyl sites for hydroxylation is 1. The number of nitrogens with zero attached hydrogens (tertiary/aromatic N) is 1. The van der Waals surface area contributed by atoms with Crippen LogP contribution < -0.4 is 5.32 Å². The summed E-state index contributed by atoms with van der Waals surface area (Å²) in [6.07, 6.45) is 0. The number of benzene rings is 3. The zero-order chi connectivity index (χ0) is 22.7. The Morgan fingerprint density at radius 1 is 1.00 bits per heavy atom. The number of hydrogen-bond donors (Lipinski definition) is 1. The molecule has 0 saturated carbocycles. The summed E-state index contributed by atoms with van der Waals surface area (Å²) in [7, 11) is 0. The fraction of sp³-hybridized carbons (Fsp3) is 0.200. The van der Waals surface area contributed by atoms with Gasteiger partial charge in [-0.05, 0) is 41.8 Å². The van der Waals surface area contributed by atoms with Crippen LogP contribution in [0, 0.1) is 6.92 Å². The molecule has 3 aromatic carbocycles. The Bertz CT molecular complexity index is 1140. The molecule has 0 aromatic heterocycles. The van der Waals surface area contributed by atoms with Gasteiger partial charge in [0.1, 0.15) is 11.4 Å². The summed E-state index contributed by atoms with van der Waals surface area (Å²) in [5, 5.41) is 3.52. The van der Waals surface area contributed by atoms with Crippen LogP contribution >= 0.6 is 35.0 Å². The lowest BCUT2D eigenvalue weighted by molar-refractivity contribution is -0.125. The second kappa shape index (κ2) is 9.99. The lowest BCUT2D eigenvalue weighted by atomic mass is 10.1. The quantitative estimate of drug-likeness (QED) is 0.492. The van der Waals surface area contributed by atoms with Gasteiger partial charge in [0.25, 0.3) is 5.91 Å². The summed E-state index contributed by atoms with van der Waals surface area (Å²) in [5.74, 6) is 0.137. The molecule has 0 bridgehead atoms. The molecule has 1 aliphatic rings. The molecule has 1 N–H and O–H groups in total. The topological polar surface area (TPSA) is 49.4 Å². The summed E-state index contributed by atoms with van der Waals surface area (Å²) in [4.78, 5) is 28.5. The van der Waals surface area contributed by atoms with E-state index in [4.69, 9.17) is 23.2 Å². The number of nitrogens with one attached hydrogen (secondary N) is 1. The van der Waals surface area contributed by atoms with Gasteiger partial charge < -0.3 is 10.2 Å². The minimum Gasteiger partial charge on any atom is -0.350 e. The molecular formula is C25H22Cl2N2O2S. The lowest BCUT2D eigenvalue weighted by Gasteiger charge is -2.30. The largest absolute Gasteiger partial charge is 0.350 e. The van der Waals surface area contributed by atoms with Gasteiger partial charge in [0.15, 0.2) is 0 Å². The first-order valence-electron chi connectivity index (χ1n) is 10.2. The van der Waals surface area contributed by atoms with Crippen LogP contribution in [0.15, 0.2) is 72.8 Å². The smallest absolute Gasteiger partial charge is 0.256 e. The third kappa shape index (κ3) is 4.80. The van der Waals surface area contributed by atoms with Crippen LogP contribution in [0.3, 0.4) is 0 Å². The van der Waals surface area contributed by atoms with Crippen molar-refractivity contribution >= 4 is 46.8 Å². The van der Waals surface area contributed by atoms with Gasteiger partial charge in [0.2, 0.25) is 5.91 Å². The Morgan fingerprint density at radius 2 is 1.72 bits per heavy atom. The second-order valence-corrected chi connectivity index (χ2v) is 9.53. The van der Waals surface area contributed by atoms with Gasteiger partial charge in [-0.25, -0.2) is 0 Å². The number of carbonyl (C=O) groups is 2. The SMILES string of the molecule is Cc1ccccc1C(=O)N1C(C(=O)NCc2ccccc2)CSC1c1ccc(Cl)c(Cl)c1. The fourth-order valence-electron chi connectivity index (χ4n) is 3.73. The van der Waals surface area contributed by atoms with Gasteiger partial charge in [-0.1, -0.05) is 77.8 Å². The highest BCUT2D eigenvalue weighted by atomic mass is 35.5. The molecule has 4 nitrogen and oxygen atoms in total. The van der Waals surface area contributed by atoms with Gasteiger partial charge in [0, 0.05) is 17.9 Å². The van der Waals surface area contributed by atoms with Gasteiger partial charge in [-0.3, -0.25) is 9.59 Å². The van der Waals surface area contributed by atoms with Crippen molar-refractivity contribution in [2.24, 2.45) is 0 Å². The normalized spacial score (nSPS) is 17.9. The van der Waals surface area contributed by atoms with Crippen LogP contribution in [0.2, 0.25) is 10.0 Å². The Morgan fingerprint density at radius 3 is 2.44 bits per heavy atom. The monoisotopic (exact) mass is 484 g/mol. The van der Waals surface area contributed by atoms with Crippen LogP contribution in [-0.2, 0) is 11.3 Å². The molecule has 3 aromatic rings. The van der Waals surface area contributed by atoms with Crippen LogP contribution in [-0.4, -0.2) is 28.5 Å². The Hall–Kier alpha value is -2.47. The van der Waals surface area contributed by atoms with Crippen molar-refractivity contribution in [2.75, 3.05) is 5.75 Å². The fourth-order valence-corrected chi connectivity index (χ4v) is 5.46. The summed E-state index contributed by atoms with van der Waals surface area (Å²) < 4.78 is 0. The number of rotatable bonds is 5. The first kappa shape index (κ1) is 22.7. The van der Waals surface area contributed by atoms with E-state index in [1.807, 2.05) is 61.5 Å². The summed E-state index contributed by atoms with van der Waals surface area (Å²) >= 11 is 13.9. The maximum absolute atomic E-state index is 13.7. The first-order valence-corrected chi connectivity index (χ1v) is 12.0. The average molecular weight is 485 g/mol. The number of thioether (sulfide) groups is 1. The average Bonchev–Trinajstić information content (AvgIpc) is 3.25. The Balaban J connectivity index is 1.64. The number of carbonyl (C=O) groups excluding carboxylic acids is 2. The van der Waals surface area contributed by atoms with Crippen LogP contribution in [0.1, 0.15) is 32.4 Å². The molecule has 2 unspecified atom stereocenters. The minimum absolute atomic E-state index is 0.175. The third-order valence-corrected chi connectivity index (χ3v) is 7.51. The molecule has 0 spiro atoms. The van der Waals surface area contributed by atoms with Crippen molar-refractivity contribution in [2.45, 2.75) is 24.9 Å². The molecule has 1 saturated heterocycles. The van der Waals surface area contributed by atoms with Gasteiger partial charge >= 0.3 is 0 Å². The van der Waals surface area contributed by atoms with E-state index >= 15 is 0 Å². The third-order valence-electron chi connectivity index (χ3n) is 5.45. The van der Waals surface area contributed by atoms with Crippen molar-refractivity contribution < 1.29 is 9.59 Å². The predicted octanol–water partition coefficient (Wildman–Crippen LogP) is 5.87. The van der Waals surface area contributed by atoms with E-state index in [1.165, 1.54) is 0 Å². The number of amides is 2. The molecule has 1 aliphatic heterocycles. The molecule has 32 heavy (non-hydrogen) atoms. The summed E-state index contributed by atoms with van der Waals surface area (Å²) in [6.45, 7) is 2.31. The van der Waals surface area contributed by atoms with Gasteiger partial charge in [0.05, 0.1) is 10.0 Å². The molecule has 1 heterocycles. The van der Waals surface area contributed by atoms with Crippen molar-refractivity contribution in [3.8, 4) is 0 Å². The zero-order valence-corrected chi connectivity index (χ0v) is 19.8. The van der Waals surface area contributed by atoms with Crippen molar-refractivity contribution in [3.05, 3.63) is 105 Å². The van der Waals surface area contributed by atoms with Crippen molar-refractivity contribution in [3.63, 3.8) is 0 Å². The highest BCUT2D eigenvalue weighted by molar-refractivity contribution is 7.99. The molecule has 164 valence electrons. The molecule has 0 aliphatic carbocycles. The molecule has 0 radical (unpaired) electrons. The molecule has 2 amide bonds.